The maximum absolute atomic E-state index is 13.5. The SMILES string of the molecule is O=c1c2ccccc2nc(C2CCCCC2)n1N=Cc1cc(Br)cc([N+](=O)[O-])c1OCc1ccc(Br)cc1. The summed E-state index contributed by atoms with van der Waals surface area (Å²) in [6, 6.07) is 17.8. The van der Waals surface area contributed by atoms with Crippen LogP contribution in [0, 0.1) is 10.1 Å². The second-order valence-electron chi connectivity index (χ2n) is 9.20. The van der Waals surface area contributed by atoms with Crippen LogP contribution in [0.15, 0.2) is 79.5 Å². The van der Waals surface area contributed by atoms with Crippen molar-refractivity contribution in [2.24, 2.45) is 5.10 Å². The van der Waals surface area contributed by atoms with Crippen LogP contribution < -0.4 is 10.3 Å². The molecule has 0 aliphatic heterocycles. The summed E-state index contributed by atoms with van der Waals surface area (Å²) in [7, 11) is 0. The number of para-hydroxylation sites is 1. The fourth-order valence-corrected chi connectivity index (χ4v) is 5.45. The zero-order valence-electron chi connectivity index (χ0n) is 20.3. The largest absolute Gasteiger partial charge is 0.481 e. The minimum Gasteiger partial charge on any atom is -0.481 e. The van der Waals surface area contributed by atoms with Gasteiger partial charge in [-0.1, -0.05) is 75.4 Å². The topological polar surface area (TPSA) is 99.6 Å². The number of nitro groups is 1. The highest BCUT2D eigenvalue weighted by atomic mass is 79.9. The molecule has 194 valence electrons. The molecule has 5 rings (SSSR count). The fourth-order valence-electron chi connectivity index (χ4n) is 4.72. The highest BCUT2D eigenvalue weighted by Crippen LogP contribution is 2.35. The van der Waals surface area contributed by atoms with Crippen molar-refractivity contribution in [2.45, 2.75) is 44.6 Å². The number of nitrogens with zero attached hydrogens (tertiary/aromatic N) is 4. The number of fused-ring (bicyclic) bond motifs is 1. The summed E-state index contributed by atoms with van der Waals surface area (Å²) in [5, 5.41) is 16.9. The number of aromatic nitrogens is 2. The van der Waals surface area contributed by atoms with Crippen molar-refractivity contribution in [1.29, 1.82) is 0 Å². The van der Waals surface area contributed by atoms with Gasteiger partial charge >= 0.3 is 5.69 Å². The van der Waals surface area contributed by atoms with Crippen molar-refractivity contribution in [3.8, 4) is 5.75 Å². The lowest BCUT2D eigenvalue weighted by Crippen LogP contribution is -2.25. The van der Waals surface area contributed by atoms with Gasteiger partial charge in [0.1, 0.15) is 12.4 Å². The molecule has 1 saturated carbocycles. The Hall–Kier alpha value is -3.37. The number of ether oxygens (including phenoxy) is 1. The van der Waals surface area contributed by atoms with Gasteiger partial charge in [-0.3, -0.25) is 14.9 Å². The number of nitro benzene ring substituents is 1. The van der Waals surface area contributed by atoms with Crippen molar-refractivity contribution in [3.63, 3.8) is 0 Å². The summed E-state index contributed by atoms with van der Waals surface area (Å²) < 4.78 is 8.75. The molecule has 0 amide bonds. The summed E-state index contributed by atoms with van der Waals surface area (Å²) in [4.78, 5) is 29.8. The molecule has 8 nitrogen and oxygen atoms in total. The first kappa shape index (κ1) is 26.2. The van der Waals surface area contributed by atoms with Crippen molar-refractivity contribution in [1.82, 2.24) is 9.66 Å². The second kappa shape index (κ2) is 11.6. The Morgan fingerprint density at radius 3 is 2.53 bits per heavy atom. The van der Waals surface area contributed by atoms with Crippen molar-refractivity contribution in [3.05, 3.63) is 107 Å². The third-order valence-electron chi connectivity index (χ3n) is 6.62. The molecule has 1 aliphatic carbocycles. The maximum atomic E-state index is 13.5. The van der Waals surface area contributed by atoms with E-state index in [0.29, 0.717) is 26.8 Å². The second-order valence-corrected chi connectivity index (χ2v) is 11.0. The highest BCUT2D eigenvalue weighted by molar-refractivity contribution is 9.10. The zero-order chi connectivity index (χ0) is 26.6. The maximum Gasteiger partial charge on any atom is 0.312 e. The molecule has 4 aromatic rings. The molecule has 1 aliphatic rings. The summed E-state index contributed by atoms with van der Waals surface area (Å²) in [5.41, 5.74) is 1.39. The lowest BCUT2D eigenvalue weighted by atomic mass is 9.88. The number of hydrogen-bond donors (Lipinski definition) is 0. The van der Waals surface area contributed by atoms with E-state index in [2.05, 4.69) is 37.0 Å². The predicted molar refractivity (Wildman–Crippen MR) is 154 cm³/mol. The van der Waals surface area contributed by atoms with Crippen LogP contribution in [-0.2, 0) is 6.61 Å². The lowest BCUT2D eigenvalue weighted by molar-refractivity contribution is -0.386. The molecule has 0 atom stereocenters. The smallest absolute Gasteiger partial charge is 0.312 e. The van der Waals surface area contributed by atoms with Crippen molar-refractivity contribution < 1.29 is 9.66 Å². The Kier molecular flexibility index (Phi) is 7.99. The minimum absolute atomic E-state index is 0.0749. The van der Waals surface area contributed by atoms with Gasteiger partial charge in [-0.2, -0.15) is 9.78 Å². The van der Waals surface area contributed by atoms with Gasteiger partial charge < -0.3 is 4.74 Å². The molecule has 0 unspecified atom stereocenters. The molecule has 1 aromatic heterocycles. The zero-order valence-corrected chi connectivity index (χ0v) is 23.5. The first-order valence-electron chi connectivity index (χ1n) is 12.3. The molecule has 0 N–H and O–H groups in total. The molecule has 38 heavy (non-hydrogen) atoms. The van der Waals surface area contributed by atoms with Crippen LogP contribution in [0.1, 0.15) is 55.0 Å². The Labute approximate surface area is 235 Å². The molecule has 0 saturated heterocycles. The minimum atomic E-state index is -0.490. The van der Waals surface area contributed by atoms with Crippen LogP contribution in [0.25, 0.3) is 10.9 Å². The number of benzene rings is 3. The molecule has 1 fully saturated rings. The van der Waals surface area contributed by atoms with Gasteiger partial charge in [0.25, 0.3) is 5.56 Å². The van der Waals surface area contributed by atoms with Gasteiger partial charge in [0.15, 0.2) is 0 Å². The van der Waals surface area contributed by atoms with Crippen LogP contribution in [0.4, 0.5) is 5.69 Å². The van der Waals surface area contributed by atoms with E-state index in [9.17, 15) is 14.9 Å². The third-order valence-corrected chi connectivity index (χ3v) is 7.60. The van der Waals surface area contributed by atoms with Crippen LogP contribution in [0.2, 0.25) is 0 Å². The van der Waals surface area contributed by atoms with E-state index in [0.717, 1.165) is 35.7 Å². The first-order chi connectivity index (χ1) is 18.4. The van der Waals surface area contributed by atoms with Crippen LogP contribution in [0.3, 0.4) is 0 Å². The van der Waals surface area contributed by atoms with E-state index in [4.69, 9.17) is 9.72 Å². The third kappa shape index (κ3) is 5.71. The Bertz CT molecular complexity index is 1580. The van der Waals surface area contributed by atoms with E-state index in [1.54, 1.807) is 18.2 Å². The average molecular weight is 640 g/mol. The van der Waals surface area contributed by atoms with E-state index >= 15 is 0 Å². The summed E-state index contributed by atoms with van der Waals surface area (Å²) in [6.45, 7) is 0.126. The van der Waals surface area contributed by atoms with Crippen molar-refractivity contribution >= 4 is 54.7 Å². The normalized spacial score (nSPS) is 14.3. The number of rotatable bonds is 7. The van der Waals surface area contributed by atoms with E-state index < -0.39 is 4.92 Å². The molecular formula is C28H24Br2N4O4. The van der Waals surface area contributed by atoms with E-state index in [1.165, 1.54) is 23.4 Å². The Balaban J connectivity index is 1.59. The lowest BCUT2D eigenvalue weighted by Gasteiger charge is -2.22. The predicted octanol–water partition coefficient (Wildman–Crippen LogP) is 7.34. The van der Waals surface area contributed by atoms with Gasteiger partial charge in [0.05, 0.1) is 22.0 Å². The molecule has 3 aromatic carbocycles. The number of hydrogen-bond acceptors (Lipinski definition) is 6. The fraction of sp³-hybridized carbons (Fsp3) is 0.250. The van der Waals surface area contributed by atoms with E-state index in [-0.39, 0.29) is 29.5 Å². The van der Waals surface area contributed by atoms with Gasteiger partial charge in [-0.05, 0) is 48.7 Å². The average Bonchev–Trinajstić information content (AvgIpc) is 2.93. The summed E-state index contributed by atoms with van der Waals surface area (Å²) in [6.07, 6.45) is 6.62. The van der Waals surface area contributed by atoms with Gasteiger partial charge in [0, 0.05) is 26.5 Å². The molecule has 0 bridgehead atoms. The molecule has 0 spiro atoms. The quantitative estimate of drug-likeness (QED) is 0.120. The van der Waals surface area contributed by atoms with Gasteiger partial charge in [0.2, 0.25) is 5.75 Å². The molecule has 10 heteroatoms. The summed E-state index contributed by atoms with van der Waals surface area (Å²) in [5.74, 6) is 0.806. The Morgan fingerprint density at radius 1 is 1.05 bits per heavy atom. The molecule has 1 heterocycles. The highest BCUT2D eigenvalue weighted by Gasteiger charge is 2.24. The number of halogens is 2. The standard InChI is InChI=1S/C28H24Br2N4O4/c29-21-12-10-18(11-13-21)17-38-26-20(14-22(30)15-25(26)34(36)37)16-31-33-27(19-6-2-1-3-7-19)32-24-9-5-4-8-23(24)28(33)35/h4-5,8-16,19H,1-3,6-7,17H2. The first-order valence-corrected chi connectivity index (χ1v) is 13.9. The van der Waals surface area contributed by atoms with Crippen LogP contribution >= 0.6 is 31.9 Å². The molecule has 0 radical (unpaired) electrons. The van der Waals surface area contributed by atoms with Crippen LogP contribution in [0.5, 0.6) is 5.75 Å². The summed E-state index contributed by atoms with van der Waals surface area (Å²) >= 11 is 6.77. The van der Waals surface area contributed by atoms with Gasteiger partial charge in [-0.15, -0.1) is 0 Å². The Morgan fingerprint density at radius 2 is 1.79 bits per heavy atom. The molecular weight excluding hydrogens is 616 g/mol. The van der Waals surface area contributed by atoms with E-state index in [1.807, 2.05) is 36.4 Å². The monoisotopic (exact) mass is 638 g/mol. The van der Waals surface area contributed by atoms with Crippen molar-refractivity contribution in [2.75, 3.05) is 0 Å². The van der Waals surface area contributed by atoms with Gasteiger partial charge in [-0.25, -0.2) is 4.98 Å². The van der Waals surface area contributed by atoms with Crippen LogP contribution in [-0.4, -0.2) is 20.8 Å².